The van der Waals surface area contributed by atoms with Crippen LogP contribution in [0.1, 0.15) is 20.1 Å². The Hall–Kier alpha value is -1.93. The molecule has 0 radical (unpaired) electrons. The first-order valence-electron chi connectivity index (χ1n) is 5.84. The van der Waals surface area contributed by atoms with Crippen LogP contribution >= 0.6 is 11.3 Å². The summed E-state index contributed by atoms with van der Waals surface area (Å²) in [5.74, 6) is 0.110. The van der Waals surface area contributed by atoms with Crippen molar-refractivity contribution in [3.63, 3.8) is 0 Å². The van der Waals surface area contributed by atoms with E-state index in [-0.39, 0.29) is 5.78 Å². The molecule has 0 atom stereocenters. The predicted octanol–water partition coefficient (Wildman–Crippen LogP) is 4.44. The fraction of sp³-hybridized carbons (Fsp3) is 0.0625. The van der Waals surface area contributed by atoms with Crippen LogP contribution in [0.4, 0.5) is 0 Å². The lowest BCUT2D eigenvalue weighted by molar-refractivity contribution is 0.104. The fourth-order valence-electron chi connectivity index (χ4n) is 2.03. The third-order valence-electron chi connectivity index (χ3n) is 2.98. The minimum atomic E-state index is 0.110. The molecule has 1 heterocycles. The van der Waals surface area contributed by atoms with Gasteiger partial charge < -0.3 is 0 Å². The number of fused-ring (bicyclic) bond motifs is 1. The van der Waals surface area contributed by atoms with E-state index >= 15 is 0 Å². The summed E-state index contributed by atoms with van der Waals surface area (Å²) in [7, 11) is 0. The van der Waals surface area contributed by atoms with E-state index in [4.69, 9.17) is 0 Å². The first-order chi connectivity index (χ1) is 8.74. The molecule has 0 saturated carbocycles. The average molecular weight is 252 g/mol. The Balaban J connectivity index is 2.06. The number of rotatable bonds is 2. The monoisotopic (exact) mass is 252 g/mol. The van der Waals surface area contributed by atoms with Crippen LogP contribution in [0, 0.1) is 6.92 Å². The number of ketones is 1. The van der Waals surface area contributed by atoms with Gasteiger partial charge in [-0.05, 0) is 35.9 Å². The highest BCUT2D eigenvalue weighted by Gasteiger charge is 2.11. The summed E-state index contributed by atoms with van der Waals surface area (Å²) in [5, 5.41) is 2.27. The predicted molar refractivity (Wildman–Crippen MR) is 76.4 cm³/mol. The van der Waals surface area contributed by atoms with Crippen LogP contribution in [-0.4, -0.2) is 5.78 Å². The lowest BCUT2D eigenvalue weighted by atomic mass is 10.0. The van der Waals surface area contributed by atoms with Crippen molar-refractivity contribution in [1.29, 1.82) is 0 Å². The van der Waals surface area contributed by atoms with Crippen LogP contribution in [0.2, 0.25) is 0 Å². The average Bonchev–Trinajstić information content (AvgIpc) is 2.84. The minimum absolute atomic E-state index is 0.110. The Bertz CT molecular complexity index is 725. The molecule has 0 spiro atoms. The Morgan fingerprint density at radius 2 is 1.72 bits per heavy atom. The van der Waals surface area contributed by atoms with Gasteiger partial charge in [0, 0.05) is 10.4 Å². The Morgan fingerprint density at radius 3 is 2.44 bits per heavy atom. The largest absolute Gasteiger partial charge is 0.288 e. The maximum absolute atomic E-state index is 12.3. The number of carbonyl (C=O) groups excluding carboxylic acids is 1. The van der Waals surface area contributed by atoms with Crippen molar-refractivity contribution in [3.8, 4) is 0 Å². The molecule has 0 unspecified atom stereocenters. The van der Waals surface area contributed by atoms with Crippen molar-refractivity contribution < 1.29 is 4.79 Å². The molecule has 0 aliphatic heterocycles. The van der Waals surface area contributed by atoms with E-state index in [9.17, 15) is 4.79 Å². The molecule has 0 N–H and O–H groups in total. The van der Waals surface area contributed by atoms with Crippen LogP contribution in [0.15, 0.2) is 54.6 Å². The summed E-state index contributed by atoms with van der Waals surface area (Å²) >= 11 is 1.55. The highest BCUT2D eigenvalue weighted by Crippen LogP contribution is 2.22. The number of thiophene rings is 1. The maximum atomic E-state index is 12.3. The molecular weight excluding hydrogens is 240 g/mol. The normalized spacial score (nSPS) is 10.7. The lowest BCUT2D eigenvalue weighted by Crippen LogP contribution is -1.97. The lowest BCUT2D eigenvalue weighted by Gasteiger charge is -2.01. The van der Waals surface area contributed by atoms with Gasteiger partial charge in [0.1, 0.15) is 0 Å². The molecule has 0 fully saturated rings. The third kappa shape index (κ3) is 1.95. The second kappa shape index (κ2) is 4.39. The van der Waals surface area contributed by atoms with Gasteiger partial charge in [-0.1, -0.05) is 36.4 Å². The summed E-state index contributed by atoms with van der Waals surface area (Å²) in [6.07, 6.45) is 0. The van der Waals surface area contributed by atoms with Crippen LogP contribution in [0.3, 0.4) is 0 Å². The van der Waals surface area contributed by atoms with Crippen molar-refractivity contribution in [2.45, 2.75) is 6.92 Å². The van der Waals surface area contributed by atoms with Crippen LogP contribution in [-0.2, 0) is 0 Å². The fourth-order valence-corrected chi connectivity index (χ4v) is 2.86. The highest BCUT2D eigenvalue weighted by molar-refractivity contribution is 7.14. The zero-order valence-electron chi connectivity index (χ0n) is 10.0. The molecule has 0 saturated heterocycles. The van der Waals surface area contributed by atoms with Crippen molar-refractivity contribution in [1.82, 2.24) is 0 Å². The maximum Gasteiger partial charge on any atom is 0.202 e. The topological polar surface area (TPSA) is 17.1 Å². The Morgan fingerprint density at radius 1 is 0.944 bits per heavy atom. The van der Waals surface area contributed by atoms with E-state index in [0.29, 0.717) is 0 Å². The molecule has 0 amide bonds. The van der Waals surface area contributed by atoms with E-state index in [1.165, 1.54) is 4.88 Å². The van der Waals surface area contributed by atoms with Gasteiger partial charge in [-0.3, -0.25) is 4.79 Å². The summed E-state index contributed by atoms with van der Waals surface area (Å²) in [5.41, 5.74) is 0.760. The van der Waals surface area contributed by atoms with E-state index < -0.39 is 0 Å². The van der Waals surface area contributed by atoms with Gasteiger partial charge in [-0.15, -0.1) is 11.3 Å². The van der Waals surface area contributed by atoms with Gasteiger partial charge >= 0.3 is 0 Å². The van der Waals surface area contributed by atoms with Gasteiger partial charge in [0.25, 0.3) is 0 Å². The van der Waals surface area contributed by atoms with E-state index in [1.807, 2.05) is 55.5 Å². The zero-order chi connectivity index (χ0) is 12.5. The Labute approximate surface area is 110 Å². The second-order valence-electron chi connectivity index (χ2n) is 4.30. The van der Waals surface area contributed by atoms with E-state index in [1.54, 1.807) is 11.3 Å². The van der Waals surface area contributed by atoms with Crippen molar-refractivity contribution in [3.05, 3.63) is 69.9 Å². The van der Waals surface area contributed by atoms with Gasteiger partial charge in [-0.2, -0.15) is 0 Å². The quantitative estimate of drug-likeness (QED) is 0.616. The SMILES string of the molecule is Cc1ccc(C(=O)c2ccc3ccccc3c2)s1. The van der Waals surface area contributed by atoms with Crippen LogP contribution < -0.4 is 0 Å². The molecule has 0 aliphatic rings. The number of hydrogen-bond acceptors (Lipinski definition) is 2. The Kier molecular flexibility index (Phi) is 2.73. The molecule has 1 aromatic heterocycles. The molecule has 0 aliphatic carbocycles. The first-order valence-corrected chi connectivity index (χ1v) is 6.65. The van der Waals surface area contributed by atoms with Crippen molar-refractivity contribution in [2.75, 3.05) is 0 Å². The van der Waals surface area contributed by atoms with Crippen molar-refractivity contribution in [2.24, 2.45) is 0 Å². The zero-order valence-corrected chi connectivity index (χ0v) is 10.8. The molecule has 88 valence electrons. The number of carbonyl (C=O) groups is 1. The molecule has 1 nitrogen and oxygen atoms in total. The summed E-state index contributed by atoms with van der Waals surface area (Å²) in [4.78, 5) is 14.3. The van der Waals surface area contributed by atoms with Gasteiger partial charge in [-0.25, -0.2) is 0 Å². The van der Waals surface area contributed by atoms with Gasteiger partial charge in [0.05, 0.1) is 4.88 Å². The third-order valence-corrected chi connectivity index (χ3v) is 3.98. The standard InChI is InChI=1S/C16H12OS/c1-11-6-9-15(18-11)16(17)14-8-7-12-4-2-3-5-13(12)10-14/h2-10H,1H3. The van der Waals surface area contributed by atoms with Crippen molar-refractivity contribution >= 4 is 27.9 Å². The van der Waals surface area contributed by atoms with E-state index in [2.05, 4.69) is 6.07 Å². The van der Waals surface area contributed by atoms with Crippen LogP contribution in [0.5, 0.6) is 0 Å². The number of benzene rings is 2. The first kappa shape index (κ1) is 11.2. The minimum Gasteiger partial charge on any atom is -0.288 e. The summed E-state index contributed by atoms with van der Waals surface area (Å²) < 4.78 is 0. The molecule has 3 rings (SSSR count). The molecular formula is C16H12OS. The summed E-state index contributed by atoms with van der Waals surface area (Å²) in [6, 6.07) is 17.8. The molecule has 2 aromatic carbocycles. The van der Waals surface area contributed by atoms with Gasteiger partial charge in [0.15, 0.2) is 0 Å². The van der Waals surface area contributed by atoms with Crippen LogP contribution in [0.25, 0.3) is 10.8 Å². The molecule has 2 heteroatoms. The molecule has 0 bridgehead atoms. The van der Waals surface area contributed by atoms with Gasteiger partial charge in [0.2, 0.25) is 5.78 Å². The number of aryl methyl sites for hydroxylation is 1. The van der Waals surface area contributed by atoms with E-state index in [0.717, 1.165) is 21.2 Å². The molecule has 3 aromatic rings. The summed E-state index contributed by atoms with van der Waals surface area (Å²) in [6.45, 7) is 2.02. The second-order valence-corrected chi connectivity index (χ2v) is 5.59. The molecule has 18 heavy (non-hydrogen) atoms. The smallest absolute Gasteiger partial charge is 0.202 e. The number of hydrogen-bond donors (Lipinski definition) is 0. The highest BCUT2D eigenvalue weighted by atomic mass is 32.1.